The number of thioether (sulfide) groups is 1. The lowest BCUT2D eigenvalue weighted by atomic mass is 10.1. The van der Waals surface area contributed by atoms with Crippen molar-refractivity contribution in [3.05, 3.63) is 28.2 Å². The third kappa shape index (κ3) is 4.14. The Hall–Kier alpha value is -0.190. The number of nitrogens with zero attached hydrogens (tertiary/aromatic N) is 1. The Morgan fingerprint density at radius 1 is 1.37 bits per heavy atom. The van der Waals surface area contributed by atoms with E-state index in [0.717, 1.165) is 19.6 Å². The predicted molar refractivity (Wildman–Crippen MR) is 90.3 cm³/mol. The third-order valence-corrected chi connectivity index (χ3v) is 5.58. The van der Waals surface area contributed by atoms with E-state index in [0.29, 0.717) is 4.75 Å². The Kier molecular flexibility index (Phi) is 5.21. The summed E-state index contributed by atoms with van der Waals surface area (Å²) >= 11 is 5.82. The Morgan fingerprint density at radius 2 is 2.16 bits per heavy atom. The summed E-state index contributed by atoms with van der Waals surface area (Å²) in [4.78, 5) is 2.51. The van der Waals surface area contributed by atoms with E-state index in [1.165, 1.54) is 27.9 Å². The van der Waals surface area contributed by atoms with Crippen LogP contribution in [0.3, 0.4) is 0 Å². The van der Waals surface area contributed by atoms with Crippen LogP contribution in [-0.2, 0) is 6.54 Å². The van der Waals surface area contributed by atoms with Crippen molar-refractivity contribution in [1.29, 1.82) is 0 Å². The van der Waals surface area contributed by atoms with Gasteiger partial charge in [-0.2, -0.15) is 11.8 Å². The second-order valence-corrected chi connectivity index (χ2v) is 8.32. The van der Waals surface area contributed by atoms with E-state index in [1.807, 2.05) is 7.05 Å². The van der Waals surface area contributed by atoms with Crippen LogP contribution < -0.4 is 10.2 Å². The molecule has 1 saturated heterocycles. The zero-order valence-electron chi connectivity index (χ0n) is 12.0. The second-order valence-electron chi connectivity index (χ2n) is 5.66. The van der Waals surface area contributed by atoms with Crippen LogP contribution in [0.5, 0.6) is 0 Å². The first-order valence-electron chi connectivity index (χ1n) is 6.84. The van der Waals surface area contributed by atoms with Gasteiger partial charge in [0.25, 0.3) is 0 Å². The molecule has 0 radical (unpaired) electrons. The minimum Gasteiger partial charge on any atom is -0.370 e. The van der Waals surface area contributed by atoms with Gasteiger partial charge >= 0.3 is 0 Å². The molecular formula is C15H23BrN2S. The Balaban J connectivity index is 2.13. The molecule has 2 nitrogen and oxygen atoms in total. The summed E-state index contributed by atoms with van der Waals surface area (Å²) in [5, 5.41) is 3.19. The van der Waals surface area contributed by atoms with Gasteiger partial charge in [-0.15, -0.1) is 0 Å². The summed E-state index contributed by atoms with van der Waals surface area (Å²) in [6, 6.07) is 6.70. The van der Waals surface area contributed by atoms with Crippen LogP contribution in [0.1, 0.15) is 25.8 Å². The summed E-state index contributed by atoms with van der Waals surface area (Å²) in [6.07, 6.45) is 1.24. The van der Waals surface area contributed by atoms with Gasteiger partial charge in [0.1, 0.15) is 0 Å². The molecule has 0 atom stereocenters. The third-order valence-electron chi connectivity index (χ3n) is 3.57. The standard InChI is InChI=1S/C15H23BrN2S/c1-15(2)6-7-18(8-9-19-15)14-5-4-12(11-17-3)10-13(14)16/h4-5,10,17H,6-9,11H2,1-3H3. The summed E-state index contributed by atoms with van der Waals surface area (Å²) in [5.74, 6) is 1.21. The quantitative estimate of drug-likeness (QED) is 0.896. The van der Waals surface area contributed by atoms with Gasteiger partial charge in [-0.05, 0) is 47.1 Å². The second kappa shape index (κ2) is 6.51. The lowest BCUT2D eigenvalue weighted by Gasteiger charge is -2.25. The largest absolute Gasteiger partial charge is 0.370 e. The molecular weight excluding hydrogens is 320 g/mol. The highest BCUT2D eigenvalue weighted by Crippen LogP contribution is 2.34. The number of hydrogen-bond donors (Lipinski definition) is 1. The molecule has 1 aromatic rings. The molecule has 0 bridgehead atoms. The topological polar surface area (TPSA) is 15.3 Å². The van der Waals surface area contributed by atoms with Crippen molar-refractivity contribution >= 4 is 33.4 Å². The maximum absolute atomic E-state index is 3.73. The molecule has 4 heteroatoms. The first-order chi connectivity index (χ1) is 9.02. The molecule has 0 aromatic heterocycles. The van der Waals surface area contributed by atoms with Crippen LogP contribution >= 0.6 is 27.7 Å². The SMILES string of the molecule is CNCc1ccc(N2CCSC(C)(C)CC2)c(Br)c1. The molecule has 106 valence electrons. The van der Waals surface area contributed by atoms with E-state index in [1.54, 1.807) is 0 Å². The minimum atomic E-state index is 0.410. The monoisotopic (exact) mass is 342 g/mol. The zero-order chi connectivity index (χ0) is 13.9. The van der Waals surface area contributed by atoms with Gasteiger partial charge in [-0.25, -0.2) is 0 Å². The smallest absolute Gasteiger partial charge is 0.0511 e. The highest BCUT2D eigenvalue weighted by molar-refractivity contribution is 9.10. The fraction of sp³-hybridized carbons (Fsp3) is 0.600. The first kappa shape index (κ1) is 15.2. The van der Waals surface area contributed by atoms with Crippen molar-refractivity contribution in [2.24, 2.45) is 0 Å². The van der Waals surface area contributed by atoms with Gasteiger partial charge in [0, 0.05) is 34.6 Å². The number of anilines is 1. The highest BCUT2D eigenvalue weighted by Gasteiger charge is 2.24. The maximum Gasteiger partial charge on any atom is 0.0511 e. The number of rotatable bonds is 3. The zero-order valence-corrected chi connectivity index (χ0v) is 14.4. The van der Waals surface area contributed by atoms with E-state index in [2.05, 4.69) is 70.0 Å². The lowest BCUT2D eigenvalue weighted by molar-refractivity contribution is 0.637. The minimum absolute atomic E-state index is 0.410. The molecule has 0 amide bonds. The summed E-state index contributed by atoms with van der Waals surface area (Å²) in [6.45, 7) is 7.91. The average molecular weight is 343 g/mol. The van der Waals surface area contributed by atoms with Crippen molar-refractivity contribution in [2.45, 2.75) is 31.6 Å². The molecule has 0 aliphatic carbocycles. The van der Waals surface area contributed by atoms with E-state index < -0.39 is 0 Å². The summed E-state index contributed by atoms with van der Waals surface area (Å²) < 4.78 is 1.62. The molecule has 1 aliphatic heterocycles. The Morgan fingerprint density at radius 3 is 2.84 bits per heavy atom. The van der Waals surface area contributed by atoms with Crippen molar-refractivity contribution in [1.82, 2.24) is 5.32 Å². The molecule has 1 aliphatic rings. The molecule has 1 fully saturated rings. The fourth-order valence-electron chi connectivity index (χ4n) is 2.38. The summed E-state index contributed by atoms with van der Waals surface area (Å²) in [5.41, 5.74) is 2.65. The highest BCUT2D eigenvalue weighted by atomic mass is 79.9. The number of hydrogen-bond acceptors (Lipinski definition) is 3. The van der Waals surface area contributed by atoms with Gasteiger partial charge in [0.05, 0.1) is 5.69 Å². The van der Waals surface area contributed by atoms with E-state index in [4.69, 9.17) is 0 Å². The molecule has 2 rings (SSSR count). The molecule has 1 aromatic carbocycles. The Labute approximate surface area is 129 Å². The lowest BCUT2D eigenvalue weighted by Crippen LogP contribution is -2.27. The molecule has 0 spiro atoms. The summed E-state index contributed by atoms with van der Waals surface area (Å²) in [7, 11) is 1.98. The van der Waals surface area contributed by atoms with Gasteiger partial charge in [0.2, 0.25) is 0 Å². The van der Waals surface area contributed by atoms with Gasteiger partial charge < -0.3 is 10.2 Å². The molecule has 0 saturated carbocycles. The van der Waals surface area contributed by atoms with Gasteiger partial charge in [-0.3, -0.25) is 0 Å². The first-order valence-corrected chi connectivity index (χ1v) is 8.62. The normalized spacial score (nSPS) is 19.3. The van der Waals surface area contributed by atoms with Crippen molar-refractivity contribution in [3.8, 4) is 0 Å². The van der Waals surface area contributed by atoms with Gasteiger partial charge in [-0.1, -0.05) is 19.9 Å². The van der Waals surface area contributed by atoms with Crippen LogP contribution in [0.25, 0.3) is 0 Å². The van der Waals surface area contributed by atoms with Crippen molar-refractivity contribution in [3.63, 3.8) is 0 Å². The van der Waals surface area contributed by atoms with Crippen molar-refractivity contribution < 1.29 is 0 Å². The van der Waals surface area contributed by atoms with Crippen LogP contribution in [0.15, 0.2) is 22.7 Å². The number of benzene rings is 1. The van der Waals surface area contributed by atoms with E-state index >= 15 is 0 Å². The van der Waals surface area contributed by atoms with Crippen LogP contribution in [-0.4, -0.2) is 30.6 Å². The molecule has 19 heavy (non-hydrogen) atoms. The fourth-order valence-corrected chi connectivity index (χ4v) is 4.16. The number of nitrogens with one attached hydrogen (secondary N) is 1. The predicted octanol–water partition coefficient (Wildman–Crippen LogP) is 3.89. The van der Waals surface area contributed by atoms with Crippen LogP contribution in [0.2, 0.25) is 0 Å². The van der Waals surface area contributed by atoms with E-state index in [9.17, 15) is 0 Å². The number of halogens is 1. The molecule has 1 N–H and O–H groups in total. The average Bonchev–Trinajstić information content (AvgIpc) is 2.51. The van der Waals surface area contributed by atoms with E-state index in [-0.39, 0.29) is 0 Å². The Bertz CT molecular complexity index is 434. The van der Waals surface area contributed by atoms with Crippen LogP contribution in [0, 0.1) is 0 Å². The molecule has 1 heterocycles. The van der Waals surface area contributed by atoms with Crippen LogP contribution in [0.4, 0.5) is 5.69 Å². The maximum atomic E-state index is 3.73. The molecule has 0 unspecified atom stereocenters. The van der Waals surface area contributed by atoms with Gasteiger partial charge in [0.15, 0.2) is 0 Å². The van der Waals surface area contributed by atoms with Crippen molar-refractivity contribution in [2.75, 3.05) is 30.8 Å².